The summed E-state index contributed by atoms with van der Waals surface area (Å²) in [6.07, 6.45) is 5.75. The minimum absolute atomic E-state index is 0.0355. The Morgan fingerprint density at radius 2 is 1.94 bits per heavy atom. The van der Waals surface area contributed by atoms with Crippen molar-refractivity contribution in [2.45, 2.75) is 64.0 Å². The first-order chi connectivity index (χ1) is 8.52. The molecule has 18 heavy (non-hydrogen) atoms. The highest BCUT2D eigenvalue weighted by Gasteiger charge is 2.50. The maximum Gasteiger partial charge on any atom is 0.248 e. The third kappa shape index (κ3) is 2.02. The van der Waals surface area contributed by atoms with E-state index in [9.17, 15) is 9.59 Å². The van der Waals surface area contributed by atoms with Crippen LogP contribution in [0.25, 0.3) is 0 Å². The first-order valence-electron chi connectivity index (χ1n) is 7.11. The Morgan fingerprint density at radius 1 is 1.33 bits per heavy atom. The Balaban J connectivity index is 2.22. The van der Waals surface area contributed by atoms with E-state index in [-0.39, 0.29) is 23.8 Å². The van der Waals surface area contributed by atoms with E-state index in [2.05, 4.69) is 12.2 Å². The van der Waals surface area contributed by atoms with Crippen LogP contribution in [0.5, 0.6) is 0 Å². The summed E-state index contributed by atoms with van der Waals surface area (Å²) in [6, 6.07) is -0.296. The lowest BCUT2D eigenvalue weighted by Gasteiger charge is -2.47. The van der Waals surface area contributed by atoms with Crippen molar-refractivity contribution in [3.05, 3.63) is 0 Å². The van der Waals surface area contributed by atoms with Crippen LogP contribution >= 0.6 is 0 Å². The number of rotatable bonds is 2. The molecule has 1 saturated carbocycles. The molecule has 2 unspecified atom stereocenters. The number of likely N-dealkylation sites (N-methyl/N-ethyl adjacent to an activating group) is 1. The molecule has 2 aliphatic rings. The lowest BCUT2D eigenvalue weighted by molar-refractivity contribution is -0.156. The topological polar surface area (TPSA) is 49.4 Å². The van der Waals surface area contributed by atoms with Gasteiger partial charge in [0.2, 0.25) is 11.8 Å². The summed E-state index contributed by atoms with van der Waals surface area (Å²) < 4.78 is 0. The molecule has 0 aromatic rings. The van der Waals surface area contributed by atoms with E-state index in [1.807, 2.05) is 6.92 Å². The zero-order chi connectivity index (χ0) is 13.3. The molecule has 2 fully saturated rings. The molecule has 2 atom stereocenters. The first-order valence-corrected chi connectivity index (χ1v) is 7.11. The van der Waals surface area contributed by atoms with Gasteiger partial charge in [0.15, 0.2) is 0 Å². The van der Waals surface area contributed by atoms with Crippen molar-refractivity contribution in [3.63, 3.8) is 0 Å². The Bertz CT molecular complexity index is 348. The van der Waals surface area contributed by atoms with Gasteiger partial charge in [-0.2, -0.15) is 0 Å². The quantitative estimate of drug-likeness (QED) is 0.813. The molecule has 1 aliphatic heterocycles. The van der Waals surface area contributed by atoms with Crippen molar-refractivity contribution >= 4 is 11.8 Å². The van der Waals surface area contributed by atoms with E-state index >= 15 is 0 Å². The Hall–Kier alpha value is -1.06. The third-order valence-corrected chi connectivity index (χ3v) is 4.67. The molecule has 1 N–H and O–H groups in total. The minimum atomic E-state index is -0.589. The molecule has 0 radical (unpaired) electrons. The average molecular weight is 252 g/mol. The monoisotopic (exact) mass is 252 g/mol. The number of carbonyl (C=O) groups excluding carboxylic acids is 2. The Morgan fingerprint density at radius 3 is 2.50 bits per heavy atom. The van der Waals surface area contributed by atoms with E-state index in [0.29, 0.717) is 0 Å². The van der Waals surface area contributed by atoms with Crippen molar-refractivity contribution in [1.82, 2.24) is 10.2 Å². The Kier molecular flexibility index (Phi) is 3.64. The maximum atomic E-state index is 12.6. The highest BCUT2D eigenvalue weighted by atomic mass is 16.2. The number of carbonyl (C=O) groups is 2. The number of nitrogens with zero attached hydrogens (tertiary/aromatic N) is 1. The first kappa shape index (κ1) is 13.4. The molecule has 1 saturated heterocycles. The van der Waals surface area contributed by atoms with Crippen LogP contribution < -0.4 is 5.32 Å². The molecule has 4 heteroatoms. The summed E-state index contributed by atoms with van der Waals surface area (Å²) in [5.41, 5.74) is -0.589. The van der Waals surface area contributed by atoms with E-state index in [1.165, 1.54) is 6.42 Å². The largest absolute Gasteiger partial charge is 0.340 e. The molecular weight excluding hydrogens is 228 g/mol. The zero-order valence-electron chi connectivity index (χ0n) is 11.7. The van der Waals surface area contributed by atoms with Gasteiger partial charge < -0.3 is 10.2 Å². The van der Waals surface area contributed by atoms with Gasteiger partial charge in [-0.3, -0.25) is 9.59 Å². The number of hydrogen-bond donors (Lipinski definition) is 1. The van der Waals surface area contributed by atoms with E-state index in [4.69, 9.17) is 0 Å². The second-order valence-electron chi connectivity index (χ2n) is 5.88. The van der Waals surface area contributed by atoms with Crippen LogP contribution in [0, 0.1) is 5.92 Å². The van der Waals surface area contributed by atoms with Crippen molar-refractivity contribution in [2.75, 3.05) is 7.05 Å². The van der Waals surface area contributed by atoms with Gasteiger partial charge in [0.1, 0.15) is 11.6 Å². The van der Waals surface area contributed by atoms with Crippen LogP contribution in [0.2, 0.25) is 0 Å². The second kappa shape index (κ2) is 4.90. The standard InChI is InChI=1S/C14H24N2O2/c1-4-10(2)11-12(17)15-14(13(18)16(11)3)8-6-5-7-9-14/h10-11H,4-9H2,1-3H3,(H,15,17). The molecule has 0 aromatic heterocycles. The molecular formula is C14H24N2O2. The minimum Gasteiger partial charge on any atom is -0.340 e. The smallest absolute Gasteiger partial charge is 0.248 e. The van der Waals surface area contributed by atoms with Gasteiger partial charge in [0.05, 0.1) is 0 Å². The molecule has 102 valence electrons. The van der Waals surface area contributed by atoms with Gasteiger partial charge >= 0.3 is 0 Å². The van der Waals surface area contributed by atoms with Crippen LogP contribution in [0.1, 0.15) is 52.4 Å². The van der Waals surface area contributed by atoms with Gasteiger partial charge in [0, 0.05) is 7.05 Å². The van der Waals surface area contributed by atoms with Crippen molar-refractivity contribution in [2.24, 2.45) is 5.92 Å². The molecule has 0 bridgehead atoms. The summed E-state index contributed by atoms with van der Waals surface area (Å²) in [5, 5.41) is 3.05. The average Bonchev–Trinajstić information content (AvgIpc) is 2.37. The summed E-state index contributed by atoms with van der Waals surface area (Å²) in [4.78, 5) is 26.6. The summed E-state index contributed by atoms with van der Waals surface area (Å²) >= 11 is 0. The predicted molar refractivity (Wildman–Crippen MR) is 70.0 cm³/mol. The summed E-state index contributed by atoms with van der Waals surface area (Å²) in [7, 11) is 1.79. The van der Waals surface area contributed by atoms with E-state index < -0.39 is 5.54 Å². The normalized spacial score (nSPS) is 29.3. The number of piperazine rings is 1. The SMILES string of the molecule is CCC(C)C1C(=O)NC2(CCCCC2)C(=O)N1C. The fourth-order valence-corrected chi connectivity index (χ4v) is 3.36. The van der Waals surface area contributed by atoms with Crippen LogP contribution in [-0.2, 0) is 9.59 Å². The molecule has 4 nitrogen and oxygen atoms in total. The highest BCUT2D eigenvalue weighted by Crippen LogP contribution is 2.34. The number of hydrogen-bond acceptors (Lipinski definition) is 2. The molecule has 2 amide bonds. The summed E-state index contributed by atoms with van der Waals surface area (Å²) in [5.74, 6) is 0.361. The fourth-order valence-electron chi connectivity index (χ4n) is 3.36. The lowest BCUT2D eigenvalue weighted by Crippen LogP contribution is -2.71. The number of nitrogens with one attached hydrogen (secondary N) is 1. The maximum absolute atomic E-state index is 12.6. The van der Waals surface area contributed by atoms with Crippen molar-refractivity contribution < 1.29 is 9.59 Å². The number of amides is 2. The van der Waals surface area contributed by atoms with Gasteiger partial charge in [-0.15, -0.1) is 0 Å². The third-order valence-electron chi connectivity index (χ3n) is 4.67. The highest BCUT2D eigenvalue weighted by molar-refractivity contribution is 5.99. The molecule has 2 rings (SSSR count). The zero-order valence-corrected chi connectivity index (χ0v) is 11.7. The van der Waals surface area contributed by atoms with Gasteiger partial charge in [-0.05, 0) is 18.8 Å². The Labute approximate surface area is 109 Å². The molecule has 1 aliphatic carbocycles. The van der Waals surface area contributed by atoms with Crippen LogP contribution in [0.4, 0.5) is 0 Å². The van der Waals surface area contributed by atoms with E-state index in [1.54, 1.807) is 11.9 Å². The predicted octanol–water partition coefficient (Wildman–Crippen LogP) is 1.69. The molecule has 1 heterocycles. The molecule has 1 spiro atoms. The second-order valence-corrected chi connectivity index (χ2v) is 5.88. The van der Waals surface area contributed by atoms with Gasteiger partial charge in [-0.1, -0.05) is 39.5 Å². The van der Waals surface area contributed by atoms with Crippen LogP contribution in [0.3, 0.4) is 0 Å². The fraction of sp³-hybridized carbons (Fsp3) is 0.857. The van der Waals surface area contributed by atoms with Crippen LogP contribution in [-0.4, -0.2) is 35.3 Å². The van der Waals surface area contributed by atoms with E-state index in [0.717, 1.165) is 32.1 Å². The van der Waals surface area contributed by atoms with Crippen LogP contribution in [0.15, 0.2) is 0 Å². The lowest BCUT2D eigenvalue weighted by atomic mass is 9.77. The van der Waals surface area contributed by atoms with Gasteiger partial charge in [-0.25, -0.2) is 0 Å². The van der Waals surface area contributed by atoms with Gasteiger partial charge in [0.25, 0.3) is 0 Å². The van der Waals surface area contributed by atoms with Crippen molar-refractivity contribution in [3.8, 4) is 0 Å². The summed E-state index contributed by atoms with van der Waals surface area (Å²) in [6.45, 7) is 4.09. The molecule has 0 aromatic carbocycles. The van der Waals surface area contributed by atoms with Crippen molar-refractivity contribution in [1.29, 1.82) is 0 Å².